The van der Waals surface area contributed by atoms with Crippen molar-refractivity contribution in [3.8, 4) is 0 Å². The van der Waals surface area contributed by atoms with Gasteiger partial charge in [0.05, 0.1) is 0 Å². The van der Waals surface area contributed by atoms with E-state index in [2.05, 4.69) is 18.2 Å². The molecule has 0 spiro atoms. The van der Waals surface area contributed by atoms with Gasteiger partial charge in [0.25, 0.3) is 0 Å². The van der Waals surface area contributed by atoms with E-state index in [9.17, 15) is 0 Å². The second-order valence-electron chi connectivity index (χ2n) is 3.13. The van der Waals surface area contributed by atoms with Gasteiger partial charge in [0.15, 0.2) is 0 Å². The Labute approximate surface area is 54.5 Å². The van der Waals surface area contributed by atoms with Crippen LogP contribution in [0.5, 0.6) is 0 Å². The van der Waals surface area contributed by atoms with Gasteiger partial charge in [-0.2, -0.15) is 0 Å². The lowest BCUT2D eigenvalue weighted by Gasteiger charge is -2.10. The van der Waals surface area contributed by atoms with Crippen molar-refractivity contribution in [1.82, 2.24) is 0 Å². The molecule has 1 aromatic carbocycles. The molecule has 1 atom stereocenters. The topological polar surface area (TPSA) is 0 Å². The van der Waals surface area contributed by atoms with E-state index in [1.54, 1.807) is 16.7 Å². The van der Waals surface area contributed by atoms with Gasteiger partial charge in [-0.15, -0.1) is 0 Å². The number of hydrogen-bond acceptors (Lipinski definition) is 0. The van der Waals surface area contributed by atoms with E-state index in [0.29, 0.717) is 0 Å². The molecule has 0 N–H and O–H groups in total. The Bertz CT molecular complexity index is 273. The average molecular weight is 116 g/mol. The zero-order valence-corrected chi connectivity index (χ0v) is 5.22. The Balaban J connectivity index is 2.53. The fraction of sp³-hybridized carbons (Fsp3) is 0.333. The van der Waals surface area contributed by atoms with Gasteiger partial charge in [0.2, 0.25) is 0 Å². The largest absolute Gasteiger partial charge is 0.0585 e. The summed E-state index contributed by atoms with van der Waals surface area (Å²) >= 11 is 0. The van der Waals surface area contributed by atoms with Crippen LogP contribution in [0.15, 0.2) is 18.2 Å². The second-order valence-corrected chi connectivity index (χ2v) is 3.13. The molecule has 0 nitrogen and oxygen atoms in total. The molecule has 9 heavy (non-hydrogen) atoms. The molecule has 3 aliphatic carbocycles. The molecule has 0 saturated carbocycles. The molecule has 0 saturated heterocycles. The predicted molar refractivity (Wildman–Crippen MR) is 36.6 cm³/mol. The number of fused-ring (bicyclic) bond motifs is 1. The van der Waals surface area contributed by atoms with Gasteiger partial charge in [-0.05, 0) is 35.4 Å². The smallest absolute Gasteiger partial charge is 0.00807 e. The van der Waals surface area contributed by atoms with Crippen LogP contribution < -0.4 is 0 Å². The molecule has 44 valence electrons. The van der Waals surface area contributed by atoms with Gasteiger partial charge in [0.1, 0.15) is 0 Å². The average Bonchev–Trinajstić information content (AvgIpc) is 2.40. The van der Waals surface area contributed by atoms with Gasteiger partial charge in [-0.25, -0.2) is 0 Å². The first-order valence-electron chi connectivity index (χ1n) is 3.55. The first kappa shape index (κ1) is 4.10. The third-order valence-corrected chi connectivity index (χ3v) is 2.63. The lowest BCUT2D eigenvalue weighted by molar-refractivity contribution is 0.754. The quantitative estimate of drug-likeness (QED) is 0.485. The predicted octanol–water partition coefficient (Wildman–Crippen LogP) is 1.88. The molecule has 3 aliphatic rings. The van der Waals surface area contributed by atoms with Crippen LogP contribution in [0.3, 0.4) is 0 Å². The maximum Gasteiger partial charge on any atom is -0.00807 e. The lowest BCUT2D eigenvalue weighted by atomic mass is 9.95. The summed E-state index contributed by atoms with van der Waals surface area (Å²) in [5.41, 5.74) is 4.81. The summed E-state index contributed by atoms with van der Waals surface area (Å²) in [5.74, 6) is 0.903. The summed E-state index contributed by atoms with van der Waals surface area (Å²) in [7, 11) is 0. The standard InChI is InChI=1S/C9H8/c1-2-7-4-8-5-9(7)3-6(1)8/h1-3,8H,4-5H2. The maximum atomic E-state index is 2.36. The molecule has 0 amide bonds. The van der Waals surface area contributed by atoms with Crippen LogP contribution in [0, 0.1) is 0 Å². The van der Waals surface area contributed by atoms with Crippen molar-refractivity contribution < 1.29 is 0 Å². The second kappa shape index (κ2) is 1.06. The van der Waals surface area contributed by atoms with Crippen molar-refractivity contribution in [3.05, 3.63) is 34.9 Å². The molecule has 0 fully saturated rings. The Morgan fingerprint density at radius 1 is 1.11 bits per heavy atom. The summed E-state index contributed by atoms with van der Waals surface area (Å²) in [6, 6.07) is 6.93. The Morgan fingerprint density at radius 3 is 2.44 bits per heavy atom. The summed E-state index contributed by atoms with van der Waals surface area (Å²) in [6.45, 7) is 0. The normalized spacial score (nSPS) is 26.0. The van der Waals surface area contributed by atoms with Gasteiger partial charge in [-0.3, -0.25) is 0 Å². The highest BCUT2D eigenvalue weighted by Crippen LogP contribution is 2.41. The van der Waals surface area contributed by atoms with E-state index in [4.69, 9.17) is 0 Å². The highest BCUT2D eigenvalue weighted by molar-refractivity contribution is 5.47. The molecular formula is C9H8. The van der Waals surface area contributed by atoms with Crippen LogP contribution >= 0.6 is 0 Å². The molecule has 1 unspecified atom stereocenters. The zero-order valence-electron chi connectivity index (χ0n) is 5.22. The van der Waals surface area contributed by atoms with Crippen molar-refractivity contribution in [2.45, 2.75) is 18.8 Å². The molecule has 0 heterocycles. The minimum atomic E-state index is 0.903. The first-order chi connectivity index (χ1) is 4.43. The molecule has 0 radical (unpaired) electrons. The summed E-state index contributed by atoms with van der Waals surface area (Å²) in [5, 5.41) is 0. The Morgan fingerprint density at radius 2 is 2.00 bits per heavy atom. The zero-order chi connectivity index (χ0) is 5.84. The van der Waals surface area contributed by atoms with Crippen molar-refractivity contribution in [2.24, 2.45) is 0 Å². The van der Waals surface area contributed by atoms with Crippen LogP contribution in [0.1, 0.15) is 22.6 Å². The van der Waals surface area contributed by atoms with E-state index >= 15 is 0 Å². The molecule has 4 bridgehead atoms. The molecule has 0 heteroatoms. The van der Waals surface area contributed by atoms with Crippen molar-refractivity contribution in [1.29, 1.82) is 0 Å². The minimum absolute atomic E-state index is 0.903. The Kier molecular flexibility index (Phi) is 0.484. The van der Waals surface area contributed by atoms with Gasteiger partial charge < -0.3 is 0 Å². The monoisotopic (exact) mass is 116 g/mol. The fourth-order valence-corrected chi connectivity index (χ4v) is 2.13. The van der Waals surface area contributed by atoms with Gasteiger partial charge in [0, 0.05) is 0 Å². The lowest BCUT2D eigenvalue weighted by Crippen LogP contribution is -1.97. The molecule has 0 aromatic heterocycles. The van der Waals surface area contributed by atoms with Crippen LogP contribution in [-0.4, -0.2) is 0 Å². The van der Waals surface area contributed by atoms with E-state index in [0.717, 1.165) is 5.92 Å². The summed E-state index contributed by atoms with van der Waals surface area (Å²) in [6.07, 6.45) is 2.69. The van der Waals surface area contributed by atoms with Gasteiger partial charge in [-0.1, -0.05) is 18.2 Å². The van der Waals surface area contributed by atoms with Crippen molar-refractivity contribution in [3.63, 3.8) is 0 Å². The number of benzene rings is 1. The van der Waals surface area contributed by atoms with E-state index < -0.39 is 0 Å². The van der Waals surface area contributed by atoms with Crippen LogP contribution in [0.2, 0.25) is 0 Å². The van der Waals surface area contributed by atoms with E-state index in [-0.39, 0.29) is 0 Å². The van der Waals surface area contributed by atoms with Gasteiger partial charge >= 0.3 is 0 Å². The molecular weight excluding hydrogens is 108 g/mol. The van der Waals surface area contributed by atoms with Crippen LogP contribution in [-0.2, 0) is 12.8 Å². The Hall–Kier alpha value is -0.780. The third-order valence-electron chi connectivity index (χ3n) is 2.63. The fourth-order valence-electron chi connectivity index (χ4n) is 2.13. The van der Waals surface area contributed by atoms with E-state index in [1.807, 2.05) is 0 Å². The third kappa shape index (κ3) is 0.335. The summed E-state index contributed by atoms with van der Waals surface area (Å²) in [4.78, 5) is 0. The van der Waals surface area contributed by atoms with Crippen molar-refractivity contribution in [2.75, 3.05) is 0 Å². The van der Waals surface area contributed by atoms with Crippen molar-refractivity contribution >= 4 is 0 Å². The highest BCUT2D eigenvalue weighted by Gasteiger charge is 2.29. The maximum absolute atomic E-state index is 2.36. The van der Waals surface area contributed by atoms with Crippen LogP contribution in [0.25, 0.3) is 0 Å². The first-order valence-corrected chi connectivity index (χ1v) is 3.55. The van der Waals surface area contributed by atoms with E-state index in [1.165, 1.54) is 12.8 Å². The summed E-state index contributed by atoms with van der Waals surface area (Å²) < 4.78 is 0. The number of hydrogen-bond donors (Lipinski definition) is 0. The SMILES string of the molecule is c1cc2c3cc1C(C2)C3. The van der Waals surface area contributed by atoms with Crippen LogP contribution in [0.4, 0.5) is 0 Å². The highest BCUT2D eigenvalue weighted by atomic mass is 14.3. The molecule has 4 rings (SSSR count). The molecule has 1 aromatic rings. The number of rotatable bonds is 0. The molecule has 0 aliphatic heterocycles. The minimum Gasteiger partial charge on any atom is -0.0585 e.